The number of nitro benzene ring substituents is 1. The fraction of sp³-hybridized carbons (Fsp3) is 0.250. The predicted molar refractivity (Wildman–Crippen MR) is 89.2 cm³/mol. The summed E-state index contributed by atoms with van der Waals surface area (Å²) in [6.07, 6.45) is 0. The molecule has 122 valence electrons. The topological polar surface area (TPSA) is 89.3 Å². The predicted octanol–water partition coefficient (Wildman–Crippen LogP) is 3.83. The van der Waals surface area contributed by atoms with E-state index in [0.717, 1.165) is 5.56 Å². The second-order valence-corrected chi connectivity index (χ2v) is 7.27. The molecule has 0 aliphatic rings. The Hall–Kier alpha value is -2.41. The van der Waals surface area contributed by atoms with E-state index in [2.05, 4.69) is 4.72 Å². The monoisotopic (exact) mass is 334 g/mol. The van der Waals surface area contributed by atoms with Crippen LogP contribution in [0, 0.1) is 17.0 Å². The molecule has 0 atom stereocenters. The van der Waals surface area contributed by atoms with Gasteiger partial charge in [0.25, 0.3) is 15.7 Å². The summed E-state index contributed by atoms with van der Waals surface area (Å²) in [4.78, 5) is 10.4. The van der Waals surface area contributed by atoms with Gasteiger partial charge in [-0.25, -0.2) is 8.42 Å². The van der Waals surface area contributed by atoms with Gasteiger partial charge in [-0.2, -0.15) is 0 Å². The van der Waals surface area contributed by atoms with Crippen molar-refractivity contribution in [3.8, 4) is 0 Å². The van der Waals surface area contributed by atoms with Crippen LogP contribution >= 0.6 is 0 Å². The van der Waals surface area contributed by atoms with E-state index in [0.29, 0.717) is 11.5 Å². The van der Waals surface area contributed by atoms with Gasteiger partial charge >= 0.3 is 0 Å². The second-order valence-electron chi connectivity index (χ2n) is 5.59. The quantitative estimate of drug-likeness (QED) is 0.665. The number of benzene rings is 2. The number of non-ortho nitro benzene ring substituents is 1. The lowest BCUT2D eigenvalue weighted by Crippen LogP contribution is -2.14. The van der Waals surface area contributed by atoms with E-state index in [1.165, 1.54) is 30.3 Å². The van der Waals surface area contributed by atoms with Gasteiger partial charge in [-0.15, -0.1) is 0 Å². The van der Waals surface area contributed by atoms with Gasteiger partial charge < -0.3 is 0 Å². The largest absolute Gasteiger partial charge is 0.279 e. The highest BCUT2D eigenvalue weighted by Crippen LogP contribution is 2.25. The molecule has 0 spiro atoms. The molecule has 0 heterocycles. The van der Waals surface area contributed by atoms with Crippen LogP contribution in [0.3, 0.4) is 0 Å². The van der Waals surface area contributed by atoms with Gasteiger partial charge in [-0.1, -0.05) is 32.0 Å². The molecule has 0 radical (unpaired) electrons. The van der Waals surface area contributed by atoms with Crippen molar-refractivity contribution >= 4 is 21.4 Å². The lowest BCUT2D eigenvalue weighted by atomic mass is 10.0. The highest BCUT2D eigenvalue weighted by atomic mass is 32.2. The minimum atomic E-state index is -3.79. The lowest BCUT2D eigenvalue weighted by molar-refractivity contribution is -0.384. The zero-order valence-electron chi connectivity index (χ0n) is 13.1. The second kappa shape index (κ2) is 6.37. The van der Waals surface area contributed by atoms with Gasteiger partial charge in [0.2, 0.25) is 0 Å². The number of hydrogen-bond acceptors (Lipinski definition) is 4. The fourth-order valence-corrected chi connectivity index (χ4v) is 3.19. The van der Waals surface area contributed by atoms with Gasteiger partial charge in [-0.3, -0.25) is 14.8 Å². The van der Waals surface area contributed by atoms with E-state index in [1.54, 1.807) is 19.1 Å². The van der Waals surface area contributed by atoms with Crippen LogP contribution in [-0.4, -0.2) is 13.3 Å². The Morgan fingerprint density at radius 2 is 1.70 bits per heavy atom. The van der Waals surface area contributed by atoms with Crippen molar-refractivity contribution < 1.29 is 13.3 Å². The highest BCUT2D eigenvalue weighted by molar-refractivity contribution is 7.92. The maximum Gasteiger partial charge on any atom is 0.271 e. The smallest absolute Gasteiger partial charge is 0.271 e. The maximum absolute atomic E-state index is 12.4. The van der Waals surface area contributed by atoms with Crippen LogP contribution in [0.4, 0.5) is 11.4 Å². The zero-order chi connectivity index (χ0) is 17.2. The van der Waals surface area contributed by atoms with Gasteiger partial charge in [-0.05, 0) is 36.1 Å². The molecule has 0 bridgehead atoms. The molecule has 0 unspecified atom stereocenters. The Bertz CT molecular complexity index is 828. The van der Waals surface area contributed by atoms with E-state index >= 15 is 0 Å². The fourth-order valence-electron chi connectivity index (χ4n) is 2.07. The van der Waals surface area contributed by atoms with Crippen molar-refractivity contribution in [2.45, 2.75) is 31.6 Å². The molecule has 2 aromatic carbocycles. The molecule has 0 aromatic heterocycles. The standard InChI is InChI=1S/C16H18N2O4S/c1-11(2)13-5-8-15(9-6-13)23(21,22)17-16-10-14(18(19)20)7-4-12(16)3/h4-11,17H,1-3H3. The van der Waals surface area contributed by atoms with Crippen LogP contribution in [0.15, 0.2) is 47.4 Å². The molecular formula is C16H18N2O4S. The van der Waals surface area contributed by atoms with Crippen LogP contribution in [0.25, 0.3) is 0 Å². The Labute approximate surface area is 135 Å². The summed E-state index contributed by atoms with van der Waals surface area (Å²) in [5.41, 5.74) is 1.68. The average molecular weight is 334 g/mol. The minimum absolute atomic E-state index is 0.118. The normalized spacial score (nSPS) is 11.5. The Morgan fingerprint density at radius 3 is 2.22 bits per heavy atom. The van der Waals surface area contributed by atoms with E-state index in [4.69, 9.17) is 0 Å². The molecule has 6 nitrogen and oxygen atoms in total. The third-order valence-electron chi connectivity index (χ3n) is 3.53. The first-order valence-corrected chi connectivity index (χ1v) is 8.57. The minimum Gasteiger partial charge on any atom is -0.279 e. The van der Waals surface area contributed by atoms with Gasteiger partial charge in [0.05, 0.1) is 15.5 Å². The molecule has 7 heteroatoms. The first-order valence-electron chi connectivity index (χ1n) is 7.08. The van der Waals surface area contributed by atoms with E-state index in [9.17, 15) is 18.5 Å². The van der Waals surface area contributed by atoms with Crippen LogP contribution in [-0.2, 0) is 10.0 Å². The van der Waals surface area contributed by atoms with Crippen molar-refractivity contribution in [1.29, 1.82) is 0 Å². The Balaban J connectivity index is 2.34. The average Bonchev–Trinajstić information content (AvgIpc) is 2.49. The molecule has 0 amide bonds. The lowest BCUT2D eigenvalue weighted by Gasteiger charge is -2.11. The van der Waals surface area contributed by atoms with Crippen LogP contribution < -0.4 is 4.72 Å². The van der Waals surface area contributed by atoms with Crippen molar-refractivity contribution in [1.82, 2.24) is 0 Å². The molecule has 0 aliphatic carbocycles. The van der Waals surface area contributed by atoms with Crippen molar-refractivity contribution in [2.75, 3.05) is 4.72 Å². The van der Waals surface area contributed by atoms with E-state index in [1.807, 2.05) is 13.8 Å². The van der Waals surface area contributed by atoms with Crippen LogP contribution in [0.5, 0.6) is 0 Å². The number of sulfonamides is 1. The summed E-state index contributed by atoms with van der Waals surface area (Å²) in [6.45, 7) is 5.73. The molecule has 0 aliphatic heterocycles. The van der Waals surface area contributed by atoms with Gasteiger partial charge in [0.15, 0.2) is 0 Å². The maximum atomic E-state index is 12.4. The van der Waals surface area contributed by atoms with Crippen LogP contribution in [0.1, 0.15) is 30.9 Å². The molecule has 0 fully saturated rings. The van der Waals surface area contributed by atoms with Crippen LogP contribution in [0.2, 0.25) is 0 Å². The Kier molecular flexibility index (Phi) is 4.70. The highest BCUT2D eigenvalue weighted by Gasteiger charge is 2.17. The third-order valence-corrected chi connectivity index (χ3v) is 4.91. The summed E-state index contributed by atoms with van der Waals surface area (Å²) >= 11 is 0. The van der Waals surface area contributed by atoms with Gasteiger partial charge in [0.1, 0.15) is 0 Å². The number of rotatable bonds is 5. The van der Waals surface area contributed by atoms with E-state index in [-0.39, 0.29) is 16.3 Å². The number of nitrogens with one attached hydrogen (secondary N) is 1. The number of nitro groups is 1. The van der Waals surface area contributed by atoms with Crippen molar-refractivity contribution in [2.24, 2.45) is 0 Å². The molecule has 0 saturated heterocycles. The van der Waals surface area contributed by atoms with Gasteiger partial charge in [0, 0.05) is 12.1 Å². The zero-order valence-corrected chi connectivity index (χ0v) is 13.9. The first kappa shape index (κ1) is 17.0. The Morgan fingerprint density at radius 1 is 1.09 bits per heavy atom. The number of aryl methyl sites for hydroxylation is 1. The van der Waals surface area contributed by atoms with Crippen molar-refractivity contribution in [3.63, 3.8) is 0 Å². The third kappa shape index (κ3) is 3.87. The SMILES string of the molecule is Cc1ccc([N+](=O)[O-])cc1NS(=O)(=O)c1ccc(C(C)C)cc1. The first-order chi connectivity index (χ1) is 10.7. The molecule has 2 rings (SSSR count). The molecular weight excluding hydrogens is 316 g/mol. The number of hydrogen-bond donors (Lipinski definition) is 1. The summed E-state index contributed by atoms with van der Waals surface area (Å²) in [7, 11) is -3.79. The summed E-state index contributed by atoms with van der Waals surface area (Å²) < 4.78 is 27.3. The number of anilines is 1. The summed E-state index contributed by atoms with van der Waals surface area (Å²) in [6, 6.07) is 10.7. The van der Waals surface area contributed by atoms with E-state index < -0.39 is 14.9 Å². The molecule has 23 heavy (non-hydrogen) atoms. The summed E-state index contributed by atoms with van der Waals surface area (Å²) in [5, 5.41) is 10.8. The molecule has 2 aromatic rings. The summed E-state index contributed by atoms with van der Waals surface area (Å²) in [5.74, 6) is 0.304. The number of nitrogens with zero attached hydrogens (tertiary/aromatic N) is 1. The van der Waals surface area contributed by atoms with Crippen molar-refractivity contribution in [3.05, 3.63) is 63.7 Å². The molecule has 0 saturated carbocycles. The molecule has 1 N–H and O–H groups in total.